The van der Waals surface area contributed by atoms with Gasteiger partial charge in [-0.25, -0.2) is 0 Å². The summed E-state index contributed by atoms with van der Waals surface area (Å²) >= 11 is 0. The van der Waals surface area contributed by atoms with E-state index in [0.29, 0.717) is 39.4 Å². The van der Waals surface area contributed by atoms with E-state index in [2.05, 4.69) is 0 Å². The molecule has 0 unspecified atom stereocenters. The molecular formula is C24H20NO6-. The molecule has 0 fully saturated rings. The zero-order valence-corrected chi connectivity index (χ0v) is 17.0. The second-order valence-corrected chi connectivity index (χ2v) is 6.95. The van der Waals surface area contributed by atoms with Crippen molar-refractivity contribution in [3.63, 3.8) is 0 Å². The largest absolute Gasteiger partial charge is 0.733 e. The number of rotatable bonds is 6. The number of fused-ring (bicyclic) bond motifs is 1. The molecule has 0 spiro atoms. The predicted octanol–water partition coefficient (Wildman–Crippen LogP) is 5.05. The second-order valence-electron chi connectivity index (χ2n) is 6.95. The highest BCUT2D eigenvalue weighted by molar-refractivity contribution is 5.85. The highest BCUT2D eigenvalue weighted by Crippen LogP contribution is 2.32. The molecule has 31 heavy (non-hydrogen) atoms. The van der Waals surface area contributed by atoms with Crippen LogP contribution in [-0.2, 0) is 6.61 Å². The standard InChI is InChI=1S/C24H20NO6/c1-15-23(19-5-3-4-6-21(19)29-2)24(26)20-12-11-18(13-22(20)31-15)30-14-16-7-9-17(10-8-16)25(27)28/h3-13,27H,14H2,1-2H3/q-1. The summed E-state index contributed by atoms with van der Waals surface area (Å²) in [5, 5.41) is 20.0. The molecule has 1 N–H and O–H groups in total. The average Bonchev–Trinajstić information content (AvgIpc) is 2.78. The Balaban J connectivity index is 1.64. The molecule has 4 aromatic rings. The predicted molar refractivity (Wildman–Crippen MR) is 118 cm³/mol. The molecule has 0 aliphatic rings. The van der Waals surface area contributed by atoms with Gasteiger partial charge in [-0.15, -0.1) is 0 Å². The van der Waals surface area contributed by atoms with E-state index >= 15 is 0 Å². The third kappa shape index (κ3) is 4.09. The number of nitrogens with zero attached hydrogens (tertiary/aromatic N) is 1. The summed E-state index contributed by atoms with van der Waals surface area (Å²) in [7, 11) is 1.56. The minimum Gasteiger partial charge on any atom is -0.733 e. The van der Waals surface area contributed by atoms with Crippen LogP contribution in [0.15, 0.2) is 75.9 Å². The Morgan fingerprint density at radius 2 is 1.81 bits per heavy atom. The Morgan fingerprint density at radius 1 is 1.06 bits per heavy atom. The molecule has 0 radical (unpaired) electrons. The van der Waals surface area contributed by atoms with Gasteiger partial charge < -0.3 is 24.3 Å². The zero-order valence-electron chi connectivity index (χ0n) is 17.0. The van der Waals surface area contributed by atoms with Crippen molar-refractivity contribution in [2.75, 3.05) is 12.3 Å². The Morgan fingerprint density at radius 3 is 2.52 bits per heavy atom. The van der Waals surface area contributed by atoms with Gasteiger partial charge in [0.25, 0.3) is 0 Å². The summed E-state index contributed by atoms with van der Waals surface area (Å²) in [5.74, 6) is 1.63. The average molecular weight is 418 g/mol. The molecule has 1 aromatic heterocycles. The molecule has 0 amide bonds. The normalized spacial score (nSPS) is 10.8. The topological polar surface area (TPSA) is 95.2 Å². The molecule has 1 heterocycles. The van der Waals surface area contributed by atoms with E-state index in [1.54, 1.807) is 50.4 Å². The Kier molecular flexibility index (Phi) is 5.62. The van der Waals surface area contributed by atoms with E-state index in [0.717, 1.165) is 5.56 Å². The molecule has 0 saturated heterocycles. The van der Waals surface area contributed by atoms with Gasteiger partial charge >= 0.3 is 0 Å². The van der Waals surface area contributed by atoms with Crippen molar-refractivity contribution in [3.8, 4) is 22.6 Å². The van der Waals surface area contributed by atoms with Gasteiger partial charge in [0.1, 0.15) is 29.4 Å². The SMILES string of the molecule is COc1ccccc1-c1c(C)oc2cc(OCc3ccc(N([O-])O)cc3)ccc2c1=O. The lowest BCUT2D eigenvalue weighted by molar-refractivity contribution is 0.295. The molecule has 0 atom stereocenters. The van der Waals surface area contributed by atoms with Crippen molar-refractivity contribution >= 4 is 16.7 Å². The molecule has 0 aliphatic carbocycles. The van der Waals surface area contributed by atoms with Gasteiger partial charge in [0.05, 0.1) is 23.7 Å². The first-order valence-electron chi connectivity index (χ1n) is 9.56. The van der Waals surface area contributed by atoms with Crippen molar-refractivity contribution in [1.29, 1.82) is 0 Å². The molecule has 0 aliphatic heterocycles. The fraction of sp³-hybridized carbons (Fsp3) is 0.125. The molecule has 3 aromatic carbocycles. The molecule has 7 nitrogen and oxygen atoms in total. The zero-order chi connectivity index (χ0) is 22.0. The van der Waals surface area contributed by atoms with Gasteiger partial charge in [-0.05, 0) is 42.8 Å². The number of ether oxygens (including phenoxy) is 2. The smallest absolute Gasteiger partial charge is 0.200 e. The number of para-hydroxylation sites is 1. The quantitative estimate of drug-likeness (QED) is 0.438. The molecular weight excluding hydrogens is 398 g/mol. The van der Waals surface area contributed by atoms with Crippen LogP contribution in [0.1, 0.15) is 11.3 Å². The summed E-state index contributed by atoms with van der Waals surface area (Å²) < 4.78 is 17.2. The third-order valence-corrected chi connectivity index (χ3v) is 4.98. The van der Waals surface area contributed by atoms with Crippen molar-refractivity contribution in [3.05, 3.63) is 93.5 Å². The number of hydrogen-bond acceptors (Lipinski definition) is 7. The monoisotopic (exact) mass is 418 g/mol. The number of methoxy groups -OCH3 is 1. The Hall–Kier alpha value is -3.81. The van der Waals surface area contributed by atoms with Crippen LogP contribution in [0.25, 0.3) is 22.1 Å². The molecule has 158 valence electrons. The number of anilines is 1. The van der Waals surface area contributed by atoms with Crippen LogP contribution < -0.4 is 20.1 Å². The first-order valence-corrected chi connectivity index (χ1v) is 9.56. The summed E-state index contributed by atoms with van der Waals surface area (Å²) in [6, 6.07) is 18.7. The van der Waals surface area contributed by atoms with Crippen LogP contribution in [0.4, 0.5) is 5.69 Å². The highest BCUT2D eigenvalue weighted by Gasteiger charge is 2.17. The van der Waals surface area contributed by atoms with E-state index in [1.807, 2.05) is 18.2 Å². The van der Waals surface area contributed by atoms with Gasteiger partial charge in [0, 0.05) is 11.6 Å². The maximum Gasteiger partial charge on any atom is 0.200 e. The molecule has 0 saturated carbocycles. The highest BCUT2D eigenvalue weighted by atomic mass is 16.8. The number of benzene rings is 3. The van der Waals surface area contributed by atoms with E-state index < -0.39 is 0 Å². The maximum atomic E-state index is 13.2. The van der Waals surface area contributed by atoms with Crippen molar-refractivity contribution < 1.29 is 19.1 Å². The van der Waals surface area contributed by atoms with Crippen molar-refractivity contribution in [2.24, 2.45) is 0 Å². The van der Waals surface area contributed by atoms with Crippen LogP contribution in [-0.4, -0.2) is 12.3 Å². The van der Waals surface area contributed by atoms with Crippen LogP contribution in [0.5, 0.6) is 11.5 Å². The lowest BCUT2D eigenvalue weighted by atomic mass is 10.0. The summed E-state index contributed by atoms with van der Waals surface area (Å²) in [6.07, 6.45) is 0. The van der Waals surface area contributed by atoms with Crippen LogP contribution in [0, 0.1) is 12.1 Å². The van der Waals surface area contributed by atoms with Crippen LogP contribution in [0.2, 0.25) is 0 Å². The van der Waals surface area contributed by atoms with E-state index in [-0.39, 0.29) is 22.9 Å². The lowest BCUT2D eigenvalue weighted by Crippen LogP contribution is -2.08. The summed E-state index contributed by atoms with van der Waals surface area (Å²) in [4.78, 5) is 13.2. The Bertz CT molecular complexity index is 1280. The number of aryl methyl sites for hydroxylation is 1. The van der Waals surface area contributed by atoms with Gasteiger partial charge in [-0.1, -0.05) is 30.3 Å². The maximum absolute atomic E-state index is 13.2. The van der Waals surface area contributed by atoms with Crippen LogP contribution >= 0.6 is 0 Å². The first-order chi connectivity index (χ1) is 15.0. The minimum atomic E-state index is -0.197. The van der Waals surface area contributed by atoms with Gasteiger partial charge in [-0.2, -0.15) is 0 Å². The van der Waals surface area contributed by atoms with Gasteiger partial charge in [0.2, 0.25) is 5.43 Å². The van der Waals surface area contributed by atoms with Gasteiger partial charge in [0.15, 0.2) is 0 Å². The van der Waals surface area contributed by atoms with E-state index in [1.165, 1.54) is 12.1 Å². The van der Waals surface area contributed by atoms with E-state index in [9.17, 15) is 10.0 Å². The number of hydrogen-bond donors (Lipinski definition) is 1. The van der Waals surface area contributed by atoms with Gasteiger partial charge in [-0.3, -0.25) is 10.0 Å². The van der Waals surface area contributed by atoms with E-state index in [4.69, 9.17) is 19.1 Å². The molecule has 0 bridgehead atoms. The summed E-state index contributed by atoms with van der Waals surface area (Å²) in [6.45, 7) is 2.00. The fourth-order valence-corrected chi connectivity index (χ4v) is 3.42. The second kappa shape index (κ2) is 8.51. The first kappa shape index (κ1) is 20.5. The fourth-order valence-electron chi connectivity index (χ4n) is 3.42. The summed E-state index contributed by atoms with van der Waals surface area (Å²) in [5.41, 5.74) is 2.39. The third-order valence-electron chi connectivity index (χ3n) is 4.98. The molecule has 7 heteroatoms. The minimum absolute atomic E-state index is 0.137. The lowest BCUT2D eigenvalue weighted by Gasteiger charge is -2.21. The van der Waals surface area contributed by atoms with Crippen molar-refractivity contribution in [1.82, 2.24) is 0 Å². The molecule has 4 rings (SSSR count). The van der Waals surface area contributed by atoms with Crippen LogP contribution in [0.3, 0.4) is 0 Å². The van der Waals surface area contributed by atoms with Crippen molar-refractivity contribution in [2.45, 2.75) is 13.5 Å². The Labute approximate surface area is 178 Å².